The van der Waals surface area contributed by atoms with Crippen molar-refractivity contribution in [2.45, 2.75) is 24.3 Å². The molecule has 0 saturated heterocycles. The molecule has 1 atom stereocenters. The Labute approximate surface area is 106 Å². The van der Waals surface area contributed by atoms with Crippen molar-refractivity contribution in [2.75, 3.05) is 13.7 Å². The first-order valence-corrected chi connectivity index (χ1v) is 6.55. The molecule has 1 rings (SSSR count). The molecule has 1 N–H and O–H groups in total. The van der Waals surface area contributed by atoms with E-state index in [0.717, 1.165) is 17.7 Å². The minimum atomic E-state index is 0.222. The molecule has 1 aromatic rings. The van der Waals surface area contributed by atoms with Crippen LogP contribution in [0.25, 0.3) is 0 Å². The summed E-state index contributed by atoms with van der Waals surface area (Å²) >= 11 is 1.78. The molecule has 0 fully saturated rings. The zero-order chi connectivity index (χ0) is 12.7. The summed E-state index contributed by atoms with van der Waals surface area (Å²) < 4.78 is 5.09. The fraction of sp³-hybridized carbons (Fsp3) is 0.462. The molecule has 17 heavy (non-hydrogen) atoms. The molecule has 0 radical (unpaired) electrons. The minimum Gasteiger partial charge on any atom is -0.495 e. The van der Waals surface area contributed by atoms with E-state index in [4.69, 9.17) is 15.1 Å². The molecule has 3 nitrogen and oxygen atoms in total. The number of rotatable bonds is 6. The zero-order valence-electron chi connectivity index (χ0n) is 10.1. The molecule has 0 amide bonds. The monoisotopic (exact) mass is 251 g/mol. The Kier molecular flexibility index (Phi) is 5.88. The summed E-state index contributed by atoms with van der Waals surface area (Å²) in [5, 5.41) is 18.2. The van der Waals surface area contributed by atoms with Gasteiger partial charge in [-0.05, 0) is 24.1 Å². The van der Waals surface area contributed by atoms with E-state index in [1.165, 1.54) is 0 Å². The number of nitrogens with zero attached hydrogens (tertiary/aromatic N) is 1. The van der Waals surface area contributed by atoms with Crippen molar-refractivity contribution in [2.24, 2.45) is 0 Å². The third-order valence-corrected chi connectivity index (χ3v) is 3.76. The second-order valence-corrected chi connectivity index (χ2v) is 5.21. The predicted molar refractivity (Wildman–Crippen MR) is 70.2 cm³/mol. The third-order valence-electron chi connectivity index (χ3n) is 2.45. The van der Waals surface area contributed by atoms with Gasteiger partial charge in [0.2, 0.25) is 0 Å². The number of hydrogen-bond acceptors (Lipinski definition) is 4. The van der Waals surface area contributed by atoms with Crippen LogP contribution in [-0.2, 0) is 5.75 Å². The van der Waals surface area contributed by atoms with Gasteiger partial charge in [0.05, 0.1) is 12.7 Å². The van der Waals surface area contributed by atoms with Gasteiger partial charge in [0.25, 0.3) is 0 Å². The number of aliphatic hydroxyl groups is 1. The average molecular weight is 251 g/mol. The van der Waals surface area contributed by atoms with Crippen LogP contribution >= 0.6 is 11.8 Å². The Bertz CT molecular complexity index is 401. The first kappa shape index (κ1) is 13.9. The number of methoxy groups -OCH3 is 1. The highest BCUT2D eigenvalue weighted by atomic mass is 32.2. The first-order valence-electron chi connectivity index (χ1n) is 5.50. The normalized spacial score (nSPS) is 11.9. The Morgan fingerprint density at radius 1 is 1.53 bits per heavy atom. The van der Waals surface area contributed by atoms with Crippen LogP contribution in [0.3, 0.4) is 0 Å². The Morgan fingerprint density at radius 2 is 2.29 bits per heavy atom. The number of thioether (sulfide) groups is 1. The highest BCUT2D eigenvalue weighted by Crippen LogP contribution is 2.24. The van der Waals surface area contributed by atoms with Crippen LogP contribution in [0.5, 0.6) is 5.75 Å². The molecule has 0 spiro atoms. The summed E-state index contributed by atoms with van der Waals surface area (Å²) in [6.45, 7) is 2.32. The number of aliphatic hydroxyl groups excluding tert-OH is 1. The second kappa shape index (κ2) is 7.21. The van der Waals surface area contributed by atoms with Gasteiger partial charge in [0.15, 0.2) is 0 Å². The summed E-state index contributed by atoms with van der Waals surface area (Å²) in [4.78, 5) is 0. The average Bonchev–Trinajstić information content (AvgIpc) is 2.36. The van der Waals surface area contributed by atoms with E-state index in [0.29, 0.717) is 16.6 Å². The molecule has 0 heterocycles. The number of nitriles is 1. The maximum absolute atomic E-state index is 8.97. The van der Waals surface area contributed by atoms with E-state index in [-0.39, 0.29) is 6.61 Å². The van der Waals surface area contributed by atoms with Crippen molar-refractivity contribution < 1.29 is 9.84 Å². The highest BCUT2D eigenvalue weighted by Gasteiger charge is 2.06. The SMILES string of the molecule is COc1ccc(CSC(C)CCO)cc1C#N. The molecular formula is C13H17NO2S. The van der Waals surface area contributed by atoms with Crippen molar-refractivity contribution in [3.8, 4) is 11.8 Å². The maximum atomic E-state index is 8.97. The van der Waals surface area contributed by atoms with Crippen molar-refractivity contribution >= 4 is 11.8 Å². The van der Waals surface area contributed by atoms with E-state index in [9.17, 15) is 0 Å². The lowest BCUT2D eigenvalue weighted by Gasteiger charge is -2.10. The topological polar surface area (TPSA) is 53.2 Å². The fourth-order valence-electron chi connectivity index (χ4n) is 1.44. The summed E-state index contributed by atoms with van der Waals surface area (Å²) in [7, 11) is 1.56. The van der Waals surface area contributed by atoms with Crippen LogP contribution < -0.4 is 4.74 Å². The van der Waals surface area contributed by atoms with Crippen LogP contribution in [0.4, 0.5) is 0 Å². The van der Waals surface area contributed by atoms with Crippen molar-refractivity contribution in [1.29, 1.82) is 5.26 Å². The van der Waals surface area contributed by atoms with Crippen molar-refractivity contribution in [3.63, 3.8) is 0 Å². The molecule has 1 aromatic carbocycles. The lowest BCUT2D eigenvalue weighted by molar-refractivity contribution is 0.289. The molecule has 0 bridgehead atoms. The van der Waals surface area contributed by atoms with Gasteiger partial charge in [-0.1, -0.05) is 13.0 Å². The smallest absolute Gasteiger partial charge is 0.136 e. The molecule has 0 aromatic heterocycles. The zero-order valence-corrected chi connectivity index (χ0v) is 11.0. The summed E-state index contributed by atoms with van der Waals surface area (Å²) in [5.41, 5.74) is 1.68. The van der Waals surface area contributed by atoms with Gasteiger partial charge in [0.1, 0.15) is 11.8 Å². The Balaban J connectivity index is 2.64. The van der Waals surface area contributed by atoms with Gasteiger partial charge in [-0.25, -0.2) is 0 Å². The molecule has 92 valence electrons. The molecule has 1 unspecified atom stereocenters. The molecule has 4 heteroatoms. The standard InChI is InChI=1S/C13H17NO2S/c1-10(5-6-15)17-9-11-3-4-13(16-2)12(7-11)8-14/h3-4,7,10,15H,5-6,9H2,1-2H3. The van der Waals surface area contributed by atoms with Crippen LogP contribution in [0.15, 0.2) is 18.2 Å². The lowest BCUT2D eigenvalue weighted by atomic mass is 10.1. The van der Waals surface area contributed by atoms with E-state index in [1.807, 2.05) is 18.2 Å². The maximum Gasteiger partial charge on any atom is 0.136 e. The first-order chi connectivity index (χ1) is 8.21. The highest BCUT2D eigenvalue weighted by molar-refractivity contribution is 7.99. The van der Waals surface area contributed by atoms with Gasteiger partial charge in [-0.3, -0.25) is 0 Å². The van der Waals surface area contributed by atoms with Gasteiger partial charge in [-0.15, -0.1) is 0 Å². The van der Waals surface area contributed by atoms with Crippen LogP contribution in [0.1, 0.15) is 24.5 Å². The number of ether oxygens (including phenoxy) is 1. The minimum absolute atomic E-state index is 0.222. The predicted octanol–water partition coefficient (Wildman–Crippen LogP) is 2.57. The van der Waals surface area contributed by atoms with Crippen LogP contribution in [0.2, 0.25) is 0 Å². The van der Waals surface area contributed by atoms with Gasteiger partial charge >= 0.3 is 0 Å². The molecular weight excluding hydrogens is 234 g/mol. The van der Waals surface area contributed by atoms with E-state index in [1.54, 1.807) is 18.9 Å². The van der Waals surface area contributed by atoms with Gasteiger partial charge in [0, 0.05) is 17.6 Å². The molecule has 0 aliphatic carbocycles. The van der Waals surface area contributed by atoms with Gasteiger partial charge in [-0.2, -0.15) is 17.0 Å². The van der Waals surface area contributed by atoms with E-state index >= 15 is 0 Å². The van der Waals surface area contributed by atoms with E-state index in [2.05, 4.69) is 13.0 Å². The second-order valence-electron chi connectivity index (χ2n) is 3.78. The summed E-state index contributed by atoms with van der Waals surface area (Å²) in [5.74, 6) is 1.46. The van der Waals surface area contributed by atoms with Crippen LogP contribution in [0, 0.1) is 11.3 Å². The largest absolute Gasteiger partial charge is 0.495 e. The molecule has 0 aliphatic rings. The Morgan fingerprint density at radius 3 is 2.88 bits per heavy atom. The third kappa shape index (κ3) is 4.29. The Hall–Kier alpha value is -1.18. The summed E-state index contributed by atoms with van der Waals surface area (Å²) in [6.07, 6.45) is 0.798. The van der Waals surface area contributed by atoms with Gasteiger partial charge < -0.3 is 9.84 Å². The van der Waals surface area contributed by atoms with Crippen molar-refractivity contribution in [1.82, 2.24) is 0 Å². The lowest BCUT2D eigenvalue weighted by Crippen LogP contribution is -2.00. The fourth-order valence-corrected chi connectivity index (χ4v) is 2.36. The molecule has 0 aliphatic heterocycles. The van der Waals surface area contributed by atoms with Crippen LogP contribution in [-0.4, -0.2) is 24.1 Å². The number of benzene rings is 1. The quantitative estimate of drug-likeness (QED) is 0.844. The number of hydrogen-bond donors (Lipinski definition) is 1. The van der Waals surface area contributed by atoms with E-state index < -0.39 is 0 Å². The van der Waals surface area contributed by atoms with Crippen molar-refractivity contribution in [3.05, 3.63) is 29.3 Å². The molecule has 0 saturated carbocycles. The summed E-state index contributed by atoms with van der Waals surface area (Å²) in [6, 6.07) is 7.78.